The SMILES string of the molecule is CCOC(=O)c1ccccc1NC(=O)C1CC1C(=O)Nc1ccc(N(C)C)cc1. The number of ether oxygens (including phenoxy) is 1. The molecular formula is C22H25N3O4. The van der Waals surface area contributed by atoms with Crippen molar-refractivity contribution >= 4 is 34.8 Å². The maximum atomic E-state index is 12.5. The fourth-order valence-corrected chi connectivity index (χ4v) is 3.06. The van der Waals surface area contributed by atoms with Crippen LogP contribution < -0.4 is 15.5 Å². The molecule has 1 aliphatic carbocycles. The van der Waals surface area contributed by atoms with E-state index >= 15 is 0 Å². The quantitative estimate of drug-likeness (QED) is 0.703. The van der Waals surface area contributed by atoms with Gasteiger partial charge in [0.1, 0.15) is 0 Å². The van der Waals surface area contributed by atoms with E-state index in [0.717, 1.165) is 5.69 Å². The third-order valence-corrected chi connectivity index (χ3v) is 4.80. The number of carbonyl (C=O) groups excluding carboxylic acids is 3. The first-order chi connectivity index (χ1) is 13.9. The number of rotatable bonds is 7. The molecule has 7 heteroatoms. The summed E-state index contributed by atoms with van der Waals surface area (Å²) in [6.07, 6.45) is 0.481. The van der Waals surface area contributed by atoms with E-state index < -0.39 is 11.9 Å². The number of anilines is 3. The van der Waals surface area contributed by atoms with Crippen LogP contribution in [0.1, 0.15) is 23.7 Å². The van der Waals surface area contributed by atoms with Gasteiger partial charge in [0, 0.05) is 25.5 Å². The van der Waals surface area contributed by atoms with Crippen LogP contribution in [0, 0.1) is 11.8 Å². The molecule has 0 heterocycles. The van der Waals surface area contributed by atoms with Crippen molar-refractivity contribution in [1.29, 1.82) is 0 Å². The highest BCUT2D eigenvalue weighted by Gasteiger charge is 2.48. The molecular weight excluding hydrogens is 370 g/mol. The Morgan fingerprint density at radius 3 is 2.21 bits per heavy atom. The van der Waals surface area contributed by atoms with Crippen LogP contribution >= 0.6 is 0 Å². The molecule has 0 saturated heterocycles. The van der Waals surface area contributed by atoms with Crippen molar-refractivity contribution in [3.8, 4) is 0 Å². The number of para-hydroxylation sites is 1. The topological polar surface area (TPSA) is 87.7 Å². The second-order valence-corrected chi connectivity index (χ2v) is 7.13. The smallest absolute Gasteiger partial charge is 0.340 e. The van der Waals surface area contributed by atoms with E-state index in [1.807, 2.05) is 43.3 Å². The summed E-state index contributed by atoms with van der Waals surface area (Å²) in [5.41, 5.74) is 2.41. The van der Waals surface area contributed by atoms with Crippen LogP contribution in [-0.2, 0) is 14.3 Å². The Kier molecular flexibility index (Phi) is 6.16. The molecule has 2 aromatic rings. The van der Waals surface area contributed by atoms with Crippen LogP contribution in [0.15, 0.2) is 48.5 Å². The molecule has 2 aromatic carbocycles. The lowest BCUT2D eigenvalue weighted by molar-refractivity contribution is -0.122. The molecule has 152 valence electrons. The van der Waals surface area contributed by atoms with Crippen molar-refractivity contribution in [3.63, 3.8) is 0 Å². The Hall–Kier alpha value is -3.35. The van der Waals surface area contributed by atoms with Gasteiger partial charge in [-0.2, -0.15) is 0 Å². The molecule has 29 heavy (non-hydrogen) atoms. The van der Waals surface area contributed by atoms with E-state index in [9.17, 15) is 14.4 Å². The summed E-state index contributed by atoms with van der Waals surface area (Å²) in [5, 5.41) is 5.61. The Bertz CT molecular complexity index is 909. The van der Waals surface area contributed by atoms with Crippen molar-refractivity contribution in [2.45, 2.75) is 13.3 Å². The van der Waals surface area contributed by atoms with Gasteiger partial charge in [-0.3, -0.25) is 9.59 Å². The molecule has 0 radical (unpaired) electrons. The molecule has 0 aromatic heterocycles. The molecule has 1 aliphatic rings. The van der Waals surface area contributed by atoms with Gasteiger partial charge in [0.25, 0.3) is 0 Å². The monoisotopic (exact) mass is 395 g/mol. The van der Waals surface area contributed by atoms with Gasteiger partial charge in [-0.15, -0.1) is 0 Å². The number of nitrogens with zero attached hydrogens (tertiary/aromatic N) is 1. The minimum absolute atomic E-state index is 0.179. The molecule has 7 nitrogen and oxygen atoms in total. The fourth-order valence-electron chi connectivity index (χ4n) is 3.06. The summed E-state index contributed by atoms with van der Waals surface area (Å²) < 4.78 is 5.02. The molecule has 3 rings (SSSR count). The average molecular weight is 395 g/mol. The molecule has 1 saturated carbocycles. The second kappa shape index (κ2) is 8.77. The highest BCUT2D eigenvalue weighted by Crippen LogP contribution is 2.40. The molecule has 0 spiro atoms. The maximum Gasteiger partial charge on any atom is 0.340 e. The second-order valence-electron chi connectivity index (χ2n) is 7.13. The summed E-state index contributed by atoms with van der Waals surface area (Å²) in [4.78, 5) is 39.0. The number of hydrogen-bond donors (Lipinski definition) is 2. The van der Waals surface area contributed by atoms with E-state index in [0.29, 0.717) is 23.4 Å². The number of amides is 2. The third kappa shape index (κ3) is 4.93. The molecule has 2 N–H and O–H groups in total. The number of carbonyl (C=O) groups is 3. The van der Waals surface area contributed by atoms with Crippen LogP contribution in [0.4, 0.5) is 17.1 Å². The summed E-state index contributed by atoms with van der Waals surface area (Å²) in [6, 6.07) is 14.2. The van der Waals surface area contributed by atoms with Crippen molar-refractivity contribution in [2.24, 2.45) is 11.8 Å². The first-order valence-electron chi connectivity index (χ1n) is 9.56. The molecule has 0 aliphatic heterocycles. The Morgan fingerprint density at radius 2 is 1.59 bits per heavy atom. The van der Waals surface area contributed by atoms with E-state index in [1.54, 1.807) is 31.2 Å². The summed E-state index contributed by atoms with van der Waals surface area (Å²) in [5.74, 6) is -1.73. The lowest BCUT2D eigenvalue weighted by Crippen LogP contribution is -2.21. The molecule has 1 fully saturated rings. The van der Waals surface area contributed by atoms with Crippen molar-refractivity contribution in [1.82, 2.24) is 0 Å². The first kappa shape index (κ1) is 20.4. The fraction of sp³-hybridized carbons (Fsp3) is 0.318. The van der Waals surface area contributed by atoms with Gasteiger partial charge in [0.2, 0.25) is 11.8 Å². The number of nitrogens with one attached hydrogen (secondary N) is 2. The van der Waals surface area contributed by atoms with Gasteiger partial charge >= 0.3 is 5.97 Å². The van der Waals surface area contributed by atoms with E-state index in [4.69, 9.17) is 4.74 Å². The van der Waals surface area contributed by atoms with Crippen LogP contribution in [0.5, 0.6) is 0 Å². The largest absolute Gasteiger partial charge is 0.462 e. The van der Waals surface area contributed by atoms with Gasteiger partial charge in [0.05, 0.1) is 29.7 Å². The first-order valence-corrected chi connectivity index (χ1v) is 9.56. The Morgan fingerprint density at radius 1 is 0.966 bits per heavy atom. The van der Waals surface area contributed by atoms with Gasteiger partial charge in [-0.05, 0) is 49.7 Å². The zero-order valence-electron chi connectivity index (χ0n) is 16.8. The van der Waals surface area contributed by atoms with Gasteiger partial charge in [-0.25, -0.2) is 4.79 Å². The molecule has 2 unspecified atom stereocenters. The van der Waals surface area contributed by atoms with Crippen LogP contribution in [-0.4, -0.2) is 38.5 Å². The van der Waals surface area contributed by atoms with Crippen molar-refractivity contribution in [2.75, 3.05) is 36.2 Å². The summed E-state index contributed by atoms with van der Waals surface area (Å²) in [6.45, 7) is 1.97. The molecule has 2 amide bonds. The lowest BCUT2D eigenvalue weighted by atomic mass is 10.1. The van der Waals surface area contributed by atoms with E-state index in [1.165, 1.54) is 0 Å². The third-order valence-electron chi connectivity index (χ3n) is 4.80. The maximum absolute atomic E-state index is 12.5. The Labute approximate surface area is 170 Å². The van der Waals surface area contributed by atoms with Crippen LogP contribution in [0.25, 0.3) is 0 Å². The van der Waals surface area contributed by atoms with Crippen LogP contribution in [0.2, 0.25) is 0 Å². The minimum Gasteiger partial charge on any atom is -0.462 e. The predicted molar refractivity (Wildman–Crippen MR) is 112 cm³/mol. The number of esters is 1. The van der Waals surface area contributed by atoms with Gasteiger partial charge < -0.3 is 20.3 Å². The van der Waals surface area contributed by atoms with Crippen LogP contribution in [0.3, 0.4) is 0 Å². The minimum atomic E-state index is -0.491. The molecule has 2 atom stereocenters. The van der Waals surface area contributed by atoms with Crippen molar-refractivity contribution < 1.29 is 19.1 Å². The molecule has 0 bridgehead atoms. The normalized spacial score (nSPS) is 17.2. The standard InChI is InChI=1S/C22H25N3O4/c1-4-29-22(28)16-7-5-6-8-19(16)24-21(27)18-13-17(18)20(26)23-14-9-11-15(12-10-14)25(2)3/h5-12,17-18H,4,13H2,1-3H3,(H,23,26)(H,24,27). The van der Waals surface area contributed by atoms with Gasteiger partial charge in [0.15, 0.2) is 0 Å². The zero-order chi connectivity index (χ0) is 21.0. The number of benzene rings is 2. The lowest BCUT2D eigenvalue weighted by Gasteiger charge is -2.13. The summed E-state index contributed by atoms with van der Waals surface area (Å²) >= 11 is 0. The highest BCUT2D eigenvalue weighted by atomic mass is 16.5. The van der Waals surface area contributed by atoms with E-state index in [2.05, 4.69) is 10.6 Å². The van der Waals surface area contributed by atoms with E-state index in [-0.39, 0.29) is 24.3 Å². The zero-order valence-corrected chi connectivity index (χ0v) is 16.8. The Balaban J connectivity index is 1.58. The summed E-state index contributed by atoms with van der Waals surface area (Å²) in [7, 11) is 3.89. The highest BCUT2D eigenvalue weighted by molar-refractivity contribution is 6.06. The van der Waals surface area contributed by atoms with Gasteiger partial charge in [-0.1, -0.05) is 12.1 Å². The predicted octanol–water partition coefficient (Wildman–Crippen LogP) is 3.14. The number of hydrogen-bond acceptors (Lipinski definition) is 5. The average Bonchev–Trinajstić information content (AvgIpc) is 3.50. The van der Waals surface area contributed by atoms with Crippen molar-refractivity contribution in [3.05, 3.63) is 54.1 Å².